The van der Waals surface area contributed by atoms with E-state index in [0.29, 0.717) is 25.4 Å². The van der Waals surface area contributed by atoms with Gasteiger partial charge in [0.25, 0.3) is 0 Å². The highest BCUT2D eigenvalue weighted by molar-refractivity contribution is 5.87. The van der Waals surface area contributed by atoms with Gasteiger partial charge in [0.05, 0.1) is 0 Å². The molecule has 1 aromatic rings. The van der Waals surface area contributed by atoms with Crippen LogP contribution in [0.2, 0.25) is 0 Å². The van der Waals surface area contributed by atoms with Crippen molar-refractivity contribution in [2.24, 2.45) is 5.92 Å². The second kappa shape index (κ2) is 9.28. The second-order valence-electron chi connectivity index (χ2n) is 6.15. The predicted octanol–water partition coefficient (Wildman–Crippen LogP) is 3.12. The molecule has 0 saturated carbocycles. The maximum atomic E-state index is 13.0. The third-order valence-corrected chi connectivity index (χ3v) is 3.76. The molecule has 2 amide bonds. The van der Waals surface area contributed by atoms with Crippen LogP contribution >= 0.6 is 0 Å². The van der Waals surface area contributed by atoms with Crippen LogP contribution in [0.4, 0.5) is 4.39 Å². The summed E-state index contributed by atoms with van der Waals surface area (Å²) < 4.78 is 13.0. The van der Waals surface area contributed by atoms with Crippen LogP contribution in [0.3, 0.4) is 0 Å². The topological polar surface area (TPSA) is 49.4 Å². The molecular formula is C18H27FN2O2. The van der Waals surface area contributed by atoms with Crippen molar-refractivity contribution >= 4 is 11.8 Å². The van der Waals surface area contributed by atoms with E-state index in [9.17, 15) is 14.0 Å². The highest BCUT2D eigenvalue weighted by Gasteiger charge is 2.24. The van der Waals surface area contributed by atoms with E-state index in [4.69, 9.17) is 0 Å². The lowest BCUT2D eigenvalue weighted by Gasteiger charge is -2.28. The van der Waals surface area contributed by atoms with Crippen LogP contribution in [0.15, 0.2) is 24.3 Å². The van der Waals surface area contributed by atoms with Crippen LogP contribution in [-0.4, -0.2) is 29.3 Å². The zero-order valence-corrected chi connectivity index (χ0v) is 14.4. The Hall–Kier alpha value is -1.91. The molecule has 4 nitrogen and oxygen atoms in total. The molecule has 23 heavy (non-hydrogen) atoms. The van der Waals surface area contributed by atoms with E-state index >= 15 is 0 Å². The maximum Gasteiger partial charge on any atom is 0.242 e. The van der Waals surface area contributed by atoms with Crippen molar-refractivity contribution in [3.8, 4) is 0 Å². The van der Waals surface area contributed by atoms with Gasteiger partial charge >= 0.3 is 0 Å². The van der Waals surface area contributed by atoms with Gasteiger partial charge in [-0.15, -0.1) is 0 Å². The van der Waals surface area contributed by atoms with Crippen molar-refractivity contribution in [3.05, 3.63) is 35.6 Å². The molecule has 0 spiro atoms. The quantitative estimate of drug-likeness (QED) is 0.799. The van der Waals surface area contributed by atoms with Gasteiger partial charge in [0.2, 0.25) is 11.8 Å². The van der Waals surface area contributed by atoms with Crippen molar-refractivity contribution in [1.82, 2.24) is 10.2 Å². The largest absolute Gasteiger partial charge is 0.354 e. The molecule has 0 fully saturated rings. The van der Waals surface area contributed by atoms with E-state index in [1.807, 2.05) is 0 Å². The second-order valence-corrected chi connectivity index (χ2v) is 6.15. The molecule has 0 aliphatic carbocycles. The first-order chi connectivity index (χ1) is 10.8. The standard InChI is InChI=1S/C18H27FN2O2/c1-5-17(22)21(12-15-6-8-16(19)9-7-15)14(4)18(23)20-11-10-13(2)3/h6-9,13-14H,5,10-12H2,1-4H3,(H,20,23). The normalized spacial score (nSPS) is 12.1. The first-order valence-corrected chi connectivity index (χ1v) is 8.16. The third kappa shape index (κ3) is 6.38. The van der Waals surface area contributed by atoms with Crippen molar-refractivity contribution in [2.75, 3.05) is 6.54 Å². The molecule has 1 N–H and O–H groups in total. The van der Waals surface area contributed by atoms with Gasteiger partial charge in [0, 0.05) is 19.5 Å². The first kappa shape index (κ1) is 19.1. The summed E-state index contributed by atoms with van der Waals surface area (Å²) in [5.41, 5.74) is 0.801. The minimum Gasteiger partial charge on any atom is -0.354 e. The number of benzene rings is 1. The smallest absolute Gasteiger partial charge is 0.242 e. The van der Waals surface area contributed by atoms with E-state index < -0.39 is 6.04 Å². The number of halogens is 1. The molecule has 1 atom stereocenters. The fraction of sp³-hybridized carbons (Fsp3) is 0.556. The monoisotopic (exact) mass is 322 g/mol. The van der Waals surface area contributed by atoms with E-state index in [1.165, 1.54) is 17.0 Å². The molecule has 0 saturated heterocycles. The molecule has 0 aliphatic heterocycles. The lowest BCUT2D eigenvalue weighted by atomic mass is 10.1. The minimum atomic E-state index is -0.556. The molecule has 5 heteroatoms. The Morgan fingerprint density at radius 1 is 1.17 bits per heavy atom. The van der Waals surface area contributed by atoms with Crippen molar-refractivity contribution in [1.29, 1.82) is 0 Å². The summed E-state index contributed by atoms with van der Waals surface area (Å²) in [6, 6.07) is 5.43. The van der Waals surface area contributed by atoms with Gasteiger partial charge in [-0.2, -0.15) is 0 Å². The van der Waals surface area contributed by atoms with E-state index in [2.05, 4.69) is 19.2 Å². The summed E-state index contributed by atoms with van der Waals surface area (Å²) >= 11 is 0. The van der Waals surface area contributed by atoms with Gasteiger partial charge in [-0.25, -0.2) is 4.39 Å². The van der Waals surface area contributed by atoms with Crippen molar-refractivity contribution < 1.29 is 14.0 Å². The number of rotatable bonds is 8. The summed E-state index contributed by atoms with van der Waals surface area (Å²) in [6.45, 7) is 8.58. The number of carbonyl (C=O) groups excluding carboxylic acids is 2. The summed E-state index contributed by atoms with van der Waals surface area (Å²) in [7, 11) is 0. The van der Waals surface area contributed by atoms with Gasteiger partial charge in [-0.05, 0) is 37.0 Å². The Bertz CT molecular complexity index is 514. The Labute approximate surface area is 138 Å². The molecule has 1 rings (SSSR count). The molecule has 0 aromatic heterocycles. The van der Waals surface area contributed by atoms with Gasteiger partial charge in [-0.3, -0.25) is 9.59 Å². The zero-order chi connectivity index (χ0) is 17.4. The lowest BCUT2D eigenvalue weighted by Crippen LogP contribution is -2.47. The fourth-order valence-electron chi connectivity index (χ4n) is 2.20. The Morgan fingerprint density at radius 3 is 2.30 bits per heavy atom. The summed E-state index contributed by atoms with van der Waals surface area (Å²) in [4.78, 5) is 26.0. The van der Waals surface area contributed by atoms with Crippen LogP contribution < -0.4 is 5.32 Å². The molecule has 1 unspecified atom stereocenters. The molecule has 0 radical (unpaired) electrons. The van der Waals surface area contributed by atoms with E-state index in [-0.39, 0.29) is 17.6 Å². The van der Waals surface area contributed by atoms with Crippen molar-refractivity contribution in [3.63, 3.8) is 0 Å². The van der Waals surface area contributed by atoms with Crippen LogP contribution in [0.5, 0.6) is 0 Å². The molecule has 0 heterocycles. The minimum absolute atomic E-state index is 0.0964. The number of hydrogen-bond donors (Lipinski definition) is 1. The molecular weight excluding hydrogens is 295 g/mol. The lowest BCUT2D eigenvalue weighted by molar-refractivity contribution is -0.140. The van der Waals surface area contributed by atoms with E-state index in [0.717, 1.165) is 12.0 Å². The maximum absolute atomic E-state index is 13.0. The predicted molar refractivity (Wildman–Crippen MR) is 89.2 cm³/mol. The van der Waals surface area contributed by atoms with Gasteiger partial charge in [0.15, 0.2) is 0 Å². The Balaban J connectivity index is 2.74. The molecule has 128 valence electrons. The van der Waals surface area contributed by atoms with Crippen LogP contribution in [0, 0.1) is 11.7 Å². The number of nitrogens with one attached hydrogen (secondary N) is 1. The number of amides is 2. The Kier molecular flexibility index (Phi) is 7.72. The van der Waals surface area contributed by atoms with Gasteiger partial charge in [0.1, 0.15) is 11.9 Å². The molecule has 1 aromatic carbocycles. The summed E-state index contributed by atoms with van der Waals surface area (Å²) in [5.74, 6) is -0.0600. The molecule has 0 aliphatic rings. The SMILES string of the molecule is CCC(=O)N(Cc1ccc(F)cc1)C(C)C(=O)NCCC(C)C. The number of hydrogen-bond acceptors (Lipinski definition) is 2. The third-order valence-electron chi connectivity index (χ3n) is 3.76. The van der Waals surface area contributed by atoms with Gasteiger partial charge < -0.3 is 10.2 Å². The van der Waals surface area contributed by atoms with Crippen LogP contribution in [0.1, 0.15) is 46.1 Å². The fourth-order valence-corrected chi connectivity index (χ4v) is 2.20. The number of nitrogens with zero attached hydrogens (tertiary/aromatic N) is 1. The van der Waals surface area contributed by atoms with Crippen molar-refractivity contribution in [2.45, 2.75) is 53.1 Å². The average Bonchev–Trinajstić information content (AvgIpc) is 2.52. The van der Waals surface area contributed by atoms with Gasteiger partial charge in [-0.1, -0.05) is 32.9 Å². The average molecular weight is 322 g/mol. The summed E-state index contributed by atoms with van der Waals surface area (Å²) in [6.07, 6.45) is 1.23. The highest BCUT2D eigenvalue weighted by atomic mass is 19.1. The summed E-state index contributed by atoms with van der Waals surface area (Å²) in [5, 5.41) is 2.88. The van der Waals surface area contributed by atoms with Crippen LogP contribution in [0.25, 0.3) is 0 Å². The number of carbonyl (C=O) groups is 2. The Morgan fingerprint density at radius 2 is 1.78 bits per heavy atom. The first-order valence-electron chi connectivity index (χ1n) is 8.16. The van der Waals surface area contributed by atoms with E-state index in [1.54, 1.807) is 26.0 Å². The van der Waals surface area contributed by atoms with Crippen LogP contribution in [-0.2, 0) is 16.1 Å². The zero-order valence-electron chi connectivity index (χ0n) is 14.4. The highest BCUT2D eigenvalue weighted by Crippen LogP contribution is 2.12. The molecule has 0 bridgehead atoms.